The second-order valence-electron chi connectivity index (χ2n) is 5.33. The summed E-state index contributed by atoms with van der Waals surface area (Å²) in [7, 11) is 1.01. The third kappa shape index (κ3) is 3.62. The molecule has 1 fully saturated rings. The molecule has 0 radical (unpaired) electrons. The lowest BCUT2D eigenvalue weighted by Crippen LogP contribution is -2.70. The third-order valence-corrected chi connectivity index (χ3v) is 3.69. The van der Waals surface area contributed by atoms with Gasteiger partial charge in [0.25, 0.3) is 0 Å². The number of likely N-dealkylation sites (tertiary alicyclic amines) is 1. The molecule has 0 aliphatic carbocycles. The molecule has 0 spiro atoms. The number of ether oxygens (including phenoxy) is 1. The van der Waals surface area contributed by atoms with Crippen molar-refractivity contribution in [2.75, 3.05) is 32.1 Å². The Labute approximate surface area is 130 Å². The highest BCUT2D eigenvalue weighted by molar-refractivity contribution is 5.95. The molecule has 126 valence electrons. The van der Waals surface area contributed by atoms with Crippen LogP contribution in [0.4, 0.5) is 18.9 Å². The minimum absolute atomic E-state index is 0.182. The summed E-state index contributed by atoms with van der Waals surface area (Å²) >= 11 is 0. The molecule has 1 aliphatic heterocycles. The van der Waals surface area contributed by atoms with Gasteiger partial charge in [0.2, 0.25) is 11.8 Å². The van der Waals surface area contributed by atoms with Crippen LogP contribution in [-0.2, 0) is 9.53 Å². The molecule has 0 saturated carbocycles. The highest BCUT2D eigenvalue weighted by atomic mass is 19.4. The molecule has 6 nitrogen and oxygen atoms in total. The molecule has 2 amide bonds. The molecule has 0 atom stereocenters. The van der Waals surface area contributed by atoms with Crippen LogP contribution in [0.5, 0.6) is 0 Å². The smallest absolute Gasteiger partial charge is 0.366 e. The van der Waals surface area contributed by atoms with Crippen molar-refractivity contribution in [2.45, 2.75) is 11.8 Å². The highest BCUT2D eigenvalue weighted by Gasteiger charge is 2.62. The summed E-state index contributed by atoms with van der Waals surface area (Å²) in [4.78, 5) is 24.1. The van der Waals surface area contributed by atoms with Crippen LogP contribution >= 0.6 is 0 Å². The average Bonchev–Trinajstić information content (AvgIpc) is 2.41. The molecule has 1 saturated heterocycles. The Bertz CT molecular complexity index is 596. The largest absolute Gasteiger partial charge is 0.419 e. The van der Waals surface area contributed by atoms with Gasteiger partial charge in [0.15, 0.2) is 5.60 Å². The van der Waals surface area contributed by atoms with E-state index in [2.05, 4.69) is 10.1 Å². The average molecular weight is 331 g/mol. The fourth-order valence-electron chi connectivity index (χ4n) is 2.33. The van der Waals surface area contributed by atoms with Gasteiger partial charge in [-0.3, -0.25) is 14.5 Å². The quantitative estimate of drug-likeness (QED) is 0.843. The fourth-order valence-corrected chi connectivity index (χ4v) is 2.33. The monoisotopic (exact) mass is 331 g/mol. The zero-order chi connectivity index (χ0) is 17.3. The number of carbonyl (C=O) groups excluding carboxylic acids is 2. The van der Waals surface area contributed by atoms with Crippen LogP contribution in [0, 0.1) is 0 Å². The van der Waals surface area contributed by atoms with E-state index in [0.29, 0.717) is 11.3 Å². The van der Waals surface area contributed by atoms with Crippen LogP contribution in [-0.4, -0.2) is 55.2 Å². The summed E-state index contributed by atoms with van der Waals surface area (Å²) in [6, 6.07) is 5.87. The summed E-state index contributed by atoms with van der Waals surface area (Å²) in [6.07, 6.45) is -4.47. The Morgan fingerprint density at radius 3 is 2.30 bits per heavy atom. The summed E-state index contributed by atoms with van der Waals surface area (Å²) in [5, 5.41) is 2.54. The molecule has 1 aromatic rings. The maximum absolute atomic E-state index is 12.8. The van der Waals surface area contributed by atoms with E-state index in [0.717, 1.165) is 7.11 Å². The van der Waals surface area contributed by atoms with E-state index in [4.69, 9.17) is 5.73 Å². The number of halogens is 3. The van der Waals surface area contributed by atoms with Crippen LogP contribution in [0.25, 0.3) is 0 Å². The maximum atomic E-state index is 12.8. The lowest BCUT2D eigenvalue weighted by molar-refractivity contribution is -0.309. The number of rotatable bonds is 5. The van der Waals surface area contributed by atoms with Gasteiger partial charge in [-0.2, -0.15) is 13.2 Å². The number of primary amides is 1. The third-order valence-electron chi connectivity index (χ3n) is 3.69. The molecule has 0 aromatic heterocycles. The Morgan fingerprint density at radius 2 is 1.87 bits per heavy atom. The van der Waals surface area contributed by atoms with E-state index >= 15 is 0 Å². The number of nitrogens with zero attached hydrogens (tertiary/aromatic N) is 1. The molecular weight excluding hydrogens is 315 g/mol. The van der Waals surface area contributed by atoms with Crippen molar-refractivity contribution in [1.82, 2.24) is 4.90 Å². The van der Waals surface area contributed by atoms with Crippen LogP contribution in [0.2, 0.25) is 0 Å². The normalized spacial score (nSPS) is 17.4. The van der Waals surface area contributed by atoms with Gasteiger partial charge in [-0.15, -0.1) is 0 Å². The standard InChI is InChI=1S/C14H16F3N3O3/c1-23-13(14(15,16)17)7-20(8-13)6-11(21)19-10-4-2-9(3-5-10)12(18)22/h2-5H,6-8H2,1H3,(H2,18,22)(H,19,21). The Balaban J connectivity index is 1.86. The van der Waals surface area contributed by atoms with E-state index in [1.165, 1.54) is 29.2 Å². The van der Waals surface area contributed by atoms with Crippen molar-refractivity contribution in [3.05, 3.63) is 29.8 Å². The van der Waals surface area contributed by atoms with Gasteiger partial charge in [-0.1, -0.05) is 0 Å². The first kappa shape index (κ1) is 17.2. The Hall–Kier alpha value is -2.13. The summed E-state index contributed by atoms with van der Waals surface area (Å²) in [5.41, 5.74) is 3.61. The van der Waals surface area contributed by atoms with Crippen LogP contribution in [0.1, 0.15) is 10.4 Å². The van der Waals surface area contributed by atoms with Crippen molar-refractivity contribution >= 4 is 17.5 Å². The Kier molecular flexibility index (Phi) is 4.62. The molecular formula is C14H16F3N3O3. The zero-order valence-electron chi connectivity index (χ0n) is 12.3. The van der Waals surface area contributed by atoms with Gasteiger partial charge in [0.1, 0.15) is 0 Å². The van der Waals surface area contributed by atoms with Crippen molar-refractivity contribution < 1.29 is 27.5 Å². The van der Waals surface area contributed by atoms with Gasteiger partial charge in [0.05, 0.1) is 6.54 Å². The predicted octanol–water partition coefficient (Wildman–Crippen LogP) is 0.987. The van der Waals surface area contributed by atoms with E-state index in [-0.39, 0.29) is 19.6 Å². The topological polar surface area (TPSA) is 84.7 Å². The lowest BCUT2D eigenvalue weighted by Gasteiger charge is -2.49. The van der Waals surface area contributed by atoms with Gasteiger partial charge in [0, 0.05) is 31.5 Å². The molecule has 1 aromatic carbocycles. The van der Waals surface area contributed by atoms with Crippen molar-refractivity contribution in [3.8, 4) is 0 Å². The van der Waals surface area contributed by atoms with Crippen LogP contribution in [0.3, 0.4) is 0 Å². The molecule has 0 bridgehead atoms. The van der Waals surface area contributed by atoms with Crippen LogP contribution in [0.15, 0.2) is 24.3 Å². The minimum atomic E-state index is -4.47. The van der Waals surface area contributed by atoms with Gasteiger partial charge in [-0.25, -0.2) is 0 Å². The second-order valence-corrected chi connectivity index (χ2v) is 5.33. The van der Waals surface area contributed by atoms with E-state index < -0.39 is 23.6 Å². The lowest BCUT2D eigenvalue weighted by atomic mass is 9.93. The minimum Gasteiger partial charge on any atom is -0.366 e. The Morgan fingerprint density at radius 1 is 1.30 bits per heavy atom. The zero-order valence-corrected chi connectivity index (χ0v) is 12.3. The number of methoxy groups -OCH3 is 1. The molecule has 9 heteroatoms. The summed E-state index contributed by atoms with van der Waals surface area (Å²) in [6.45, 7) is -0.958. The molecule has 3 N–H and O–H groups in total. The number of hydrogen-bond donors (Lipinski definition) is 2. The van der Waals surface area contributed by atoms with Gasteiger partial charge < -0.3 is 15.8 Å². The van der Waals surface area contributed by atoms with Crippen LogP contribution < -0.4 is 11.1 Å². The SMILES string of the molecule is COC1(C(F)(F)F)CN(CC(=O)Nc2ccc(C(N)=O)cc2)C1. The number of benzene rings is 1. The number of nitrogens with two attached hydrogens (primary N) is 1. The highest BCUT2D eigenvalue weighted by Crippen LogP contribution is 2.40. The molecule has 1 aliphatic rings. The fraction of sp³-hybridized carbons (Fsp3) is 0.429. The van der Waals surface area contributed by atoms with Gasteiger partial charge in [-0.05, 0) is 24.3 Å². The number of nitrogens with one attached hydrogen (secondary N) is 1. The predicted molar refractivity (Wildman–Crippen MR) is 75.8 cm³/mol. The second kappa shape index (κ2) is 6.17. The van der Waals surface area contributed by atoms with Crippen molar-refractivity contribution in [2.24, 2.45) is 5.73 Å². The number of carbonyl (C=O) groups is 2. The summed E-state index contributed by atoms with van der Waals surface area (Å²) < 4.78 is 43.0. The summed E-state index contributed by atoms with van der Waals surface area (Å²) in [5.74, 6) is -1.05. The molecule has 2 rings (SSSR count). The number of alkyl halides is 3. The first-order valence-electron chi connectivity index (χ1n) is 6.71. The van der Waals surface area contributed by atoms with E-state index in [1.54, 1.807) is 0 Å². The molecule has 0 unspecified atom stereocenters. The number of hydrogen-bond acceptors (Lipinski definition) is 4. The molecule has 1 heterocycles. The number of anilines is 1. The maximum Gasteiger partial charge on any atom is 0.419 e. The molecule has 23 heavy (non-hydrogen) atoms. The van der Waals surface area contributed by atoms with Crippen molar-refractivity contribution in [3.63, 3.8) is 0 Å². The first-order chi connectivity index (χ1) is 10.7. The van der Waals surface area contributed by atoms with Gasteiger partial charge >= 0.3 is 6.18 Å². The van der Waals surface area contributed by atoms with E-state index in [9.17, 15) is 22.8 Å². The van der Waals surface area contributed by atoms with E-state index in [1.807, 2.05) is 0 Å². The first-order valence-corrected chi connectivity index (χ1v) is 6.71. The number of amides is 2. The van der Waals surface area contributed by atoms with Crippen molar-refractivity contribution in [1.29, 1.82) is 0 Å².